The van der Waals surface area contributed by atoms with E-state index >= 15 is 0 Å². The molecule has 0 bridgehead atoms. The van der Waals surface area contributed by atoms with Crippen molar-refractivity contribution in [1.29, 1.82) is 0 Å². The summed E-state index contributed by atoms with van der Waals surface area (Å²) in [6.07, 6.45) is 0.504. The van der Waals surface area contributed by atoms with Crippen molar-refractivity contribution in [3.63, 3.8) is 0 Å². The van der Waals surface area contributed by atoms with E-state index in [0.717, 1.165) is 12.2 Å². The van der Waals surface area contributed by atoms with Crippen molar-refractivity contribution < 1.29 is 18.7 Å². The van der Waals surface area contributed by atoms with Crippen LogP contribution in [-0.2, 0) is 16.1 Å². The molecule has 1 aromatic heterocycles. The van der Waals surface area contributed by atoms with Crippen molar-refractivity contribution in [2.75, 3.05) is 13.1 Å². The van der Waals surface area contributed by atoms with Crippen LogP contribution in [0.25, 0.3) is 0 Å². The highest BCUT2D eigenvalue weighted by Crippen LogP contribution is 2.28. The molecule has 1 aliphatic rings. The predicted molar refractivity (Wildman–Crippen MR) is 82.0 cm³/mol. The number of ether oxygens (including phenoxy) is 2. The molecule has 0 saturated carbocycles. The van der Waals surface area contributed by atoms with Gasteiger partial charge in [0.2, 0.25) is 0 Å². The van der Waals surface area contributed by atoms with Gasteiger partial charge in [-0.15, -0.1) is 0 Å². The van der Waals surface area contributed by atoms with Crippen LogP contribution in [0.3, 0.4) is 0 Å². The van der Waals surface area contributed by atoms with Crippen molar-refractivity contribution >= 4 is 22.0 Å². The molecular weight excluding hydrogens is 338 g/mol. The summed E-state index contributed by atoms with van der Waals surface area (Å²) in [7, 11) is 0. The minimum atomic E-state index is -0.475. The highest BCUT2D eigenvalue weighted by Gasteiger charge is 2.38. The molecule has 1 aliphatic heterocycles. The Balaban J connectivity index is 1.86. The van der Waals surface area contributed by atoms with Crippen LogP contribution in [0.5, 0.6) is 0 Å². The van der Waals surface area contributed by atoms with Gasteiger partial charge >= 0.3 is 6.09 Å². The summed E-state index contributed by atoms with van der Waals surface area (Å²) in [5, 5.41) is 0. The summed E-state index contributed by atoms with van der Waals surface area (Å²) in [6, 6.07) is 3.71. The summed E-state index contributed by atoms with van der Waals surface area (Å²) in [6.45, 7) is 9.18. The minimum Gasteiger partial charge on any atom is -0.452 e. The molecule has 21 heavy (non-hydrogen) atoms. The van der Waals surface area contributed by atoms with Gasteiger partial charge in [-0.1, -0.05) is 0 Å². The monoisotopic (exact) mass is 359 g/mol. The smallest absolute Gasteiger partial charge is 0.410 e. The number of carbonyl (C=O) groups excluding carboxylic acids is 1. The highest BCUT2D eigenvalue weighted by atomic mass is 79.9. The van der Waals surface area contributed by atoms with Crippen LogP contribution in [-0.4, -0.2) is 35.3 Å². The highest BCUT2D eigenvalue weighted by molar-refractivity contribution is 9.10. The van der Waals surface area contributed by atoms with Crippen LogP contribution >= 0.6 is 15.9 Å². The van der Waals surface area contributed by atoms with Gasteiger partial charge in [0.1, 0.15) is 18.0 Å². The van der Waals surface area contributed by atoms with Crippen molar-refractivity contribution in [2.24, 2.45) is 0 Å². The molecule has 1 unspecified atom stereocenters. The van der Waals surface area contributed by atoms with E-state index < -0.39 is 5.60 Å². The molecule has 5 nitrogen and oxygen atoms in total. The number of carbonyl (C=O) groups is 1. The third kappa shape index (κ3) is 4.74. The zero-order valence-electron chi connectivity index (χ0n) is 12.9. The number of rotatable bonds is 3. The molecule has 0 N–H and O–H groups in total. The Hall–Kier alpha value is -1.01. The number of nitrogens with zero attached hydrogens (tertiary/aromatic N) is 1. The van der Waals surface area contributed by atoms with Gasteiger partial charge in [-0.3, -0.25) is 0 Å². The van der Waals surface area contributed by atoms with Crippen LogP contribution in [0.15, 0.2) is 21.2 Å². The van der Waals surface area contributed by atoms with E-state index in [1.54, 1.807) is 4.90 Å². The molecule has 1 aromatic rings. The quantitative estimate of drug-likeness (QED) is 0.819. The zero-order chi connectivity index (χ0) is 15.7. The van der Waals surface area contributed by atoms with E-state index in [9.17, 15) is 4.79 Å². The lowest BCUT2D eigenvalue weighted by atomic mass is 10.1. The molecule has 0 radical (unpaired) electrons. The second-order valence-electron chi connectivity index (χ2n) is 6.60. The molecule has 1 atom stereocenters. The van der Waals surface area contributed by atoms with Crippen molar-refractivity contribution in [3.05, 3.63) is 22.6 Å². The van der Waals surface area contributed by atoms with E-state index in [4.69, 9.17) is 13.9 Å². The molecule has 2 heterocycles. The standard InChI is InChI=1S/C15H22BrNO4/c1-14(2,3)21-13(18)17-8-7-15(4,10-17)19-9-11-5-6-12(16)20-11/h5-6H,7-10H2,1-4H3. The maximum absolute atomic E-state index is 12.0. The Bertz CT molecular complexity index is 508. The first-order valence-electron chi connectivity index (χ1n) is 7.03. The molecule has 1 amide bonds. The largest absolute Gasteiger partial charge is 0.452 e. The third-order valence-electron chi connectivity index (χ3n) is 3.28. The zero-order valence-corrected chi connectivity index (χ0v) is 14.5. The first-order valence-corrected chi connectivity index (χ1v) is 7.82. The van der Waals surface area contributed by atoms with Gasteiger partial charge in [0.25, 0.3) is 0 Å². The fourth-order valence-corrected chi connectivity index (χ4v) is 2.55. The summed E-state index contributed by atoms with van der Waals surface area (Å²) < 4.78 is 17.4. The van der Waals surface area contributed by atoms with Gasteiger partial charge < -0.3 is 18.8 Å². The number of furan rings is 1. The SMILES string of the molecule is CC(C)(C)OC(=O)N1CCC(C)(OCc2ccc(Br)o2)C1. The Labute approximate surface area is 133 Å². The van der Waals surface area contributed by atoms with Gasteiger partial charge in [0, 0.05) is 6.54 Å². The number of likely N-dealkylation sites (tertiary alicyclic amines) is 1. The van der Waals surface area contributed by atoms with Crippen LogP contribution in [0.1, 0.15) is 39.9 Å². The van der Waals surface area contributed by atoms with Gasteiger partial charge in [-0.2, -0.15) is 0 Å². The second kappa shape index (κ2) is 6.01. The third-order valence-corrected chi connectivity index (χ3v) is 3.71. The van der Waals surface area contributed by atoms with Crippen molar-refractivity contribution in [2.45, 2.75) is 51.9 Å². The molecule has 1 saturated heterocycles. The molecule has 0 aromatic carbocycles. The fourth-order valence-electron chi connectivity index (χ4n) is 2.21. The molecule has 6 heteroatoms. The van der Waals surface area contributed by atoms with E-state index in [1.165, 1.54) is 0 Å². The Morgan fingerprint density at radius 2 is 2.19 bits per heavy atom. The first kappa shape index (κ1) is 16.4. The van der Waals surface area contributed by atoms with Crippen LogP contribution in [0.2, 0.25) is 0 Å². The Kier molecular flexibility index (Phi) is 4.68. The number of hydrogen-bond acceptors (Lipinski definition) is 4. The fraction of sp³-hybridized carbons (Fsp3) is 0.667. The number of halogens is 1. The van der Waals surface area contributed by atoms with Gasteiger partial charge in [-0.25, -0.2) is 4.79 Å². The maximum Gasteiger partial charge on any atom is 0.410 e. The summed E-state index contributed by atoms with van der Waals surface area (Å²) in [5.74, 6) is 0.763. The van der Waals surface area contributed by atoms with E-state index in [1.807, 2.05) is 39.8 Å². The number of amides is 1. The minimum absolute atomic E-state index is 0.282. The predicted octanol–water partition coefficient (Wildman–Crippen LogP) is 3.96. The molecular formula is C15H22BrNO4. The summed E-state index contributed by atoms with van der Waals surface area (Å²) >= 11 is 3.26. The normalized spacial score (nSPS) is 22.6. The average molecular weight is 360 g/mol. The van der Waals surface area contributed by atoms with Crippen LogP contribution in [0.4, 0.5) is 4.79 Å². The molecule has 1 fully saturated rings. The van der Waals surface area contributed by atoms with Crippen molar-refractivity contribution in [1.82, 2.24) is 4.90 Å². The van der Waals surface area contributed by atoms with E-state index in [2.05, 4.69) is 15.9 Å². The lowest BCUT2D eigenvalue weighted by Crippen LogP contribution is -2.39. The molecule has 0 aliphatic carbocycles. The molecule has 0 spiro atoms. The van der Waals surface area contributed by atoms with E-state index in [0.29, 0.717) is 24.4 Å². The van der Waals surface area contributed by atoms with Gasteiger partial charge in [0.05, 0.1) is 12.1 Å². The van der Waals surface area contributed by atoms with Gasteiger partial charge in [-0.05, 0) is 62.2 Å². The van der Waals surface area contributed by atoms with Crippen LogP contribution in [0, 0.1) is 0 Å². The molecule has 2 rings (SSSR count). The number of hydrogen-bond donors (Lipinski definition) is 0. The lowest BCUT2D eigenvalue weighted by Gasteiger charge is -2.27. The maximum atomic E-state index is 12.0. The second-order valence-corrected chi connectivity index (χ2v) is 7.38. The van der Waals surface area contributed by atoms with Crippen LogP contribution < -0.4 is 0 Å². The van der Waals surface area contributed by atoms with Gasteiger partial charge in [0.15, 0.2) is 4.67 Å². The van der Waals surface area contributed by atoms with E-state index in [-0.39, 0.29) is 11.7 Å². The lowest BCUT2D eigenvalue weighted by molar-refractivity contribution is -0.0436. The Morgan fingerprint density at radius 1 is 1.48 bits per heavy atom. The topological polar surface area (TPSA) is 51.9 Å². The first-order chi connectivity index (χ1) is 9.67. The molecule has 118 valence electrons. The average Bonchev–Trinajstić information content (AvgIpc) is 2.92. The Morgan fingerprint density at radius 3 is 2.76 bits per heavy atom. The van der Waals surface area contributed by atoms with Crippen molar-refractivity contribution in [3.8, 4) is 0 Å². The summed E-state index contributed by atoms with van der Waals surface area (Å²) in [5.41, 5.74) is -0.840. The summed E-state index contributed by atoms with van der Waals surface area (Å²) in [4.78, 5) is 13.7.